The van der Waals surface area contributed by atoms with Crippen molar-refractivity contribution in [2.75, 3.05) is 6.61 Å². The maximum atomic E-state index is 5.44. The molecule has 1 nitrogen and oxygen atoms in total. The quantitative estimate of drug-likeness (QED) is 0.583. The first kappa shape index (κ1) is 7.34. The highest BCUT2D eigenvalue weighted by Gasteiger charge is 2.13. The average Bonchev–Trinajstić information content (AvgIpc) is 2.61. The molecule has 0 amide bonds. The predicted molar refractivity (Wildman–Crippen MR) is 52.5 cm³/mol. The third-order valence-corrected chi connectivity index (χ3v) is 2.87. The highest BCUT2D eigenvalue weighted by Crippen LogP contribution is 2.26. The van der Waals surface area contributed by atoms with Gasteiger partial charge in [0.25, 0.3) is 0 Å². The van der Waals surface area contributed by atoms with Crippen LogP contribution in [0.2, 0.25) is 0 Å². The van der Waals surface area contributed by atoms with Crippen molar-refractivity contribution in [2.24, 2.45) is 0 Å². The average molecular weight is 172 g/mol. The second-order valence-electron chi connectivity index (χ2n) is 3.73. The van der Waals surface area contributed by atoms with Gasteiger partial charge in [0, 0.05) is 0 Å². The molecule has 0 radical (unpaired) electrons. The van der Waals surface area contributed by atoms with Crippen molar-refractivity contribution in [1.29, 1.82) is 0 Å². The number of fused-ring (bicyclic) bond motifs is 2. The van der Waals surface area contributed by atoms with Crippen LogP contribution in [0.25, 0.3) is 6.08 Å². The summed E-state index contributed by atoms with van der Waals surface area (Å²) >= 11 is 0. The number of hydrogen-bond acceptors (Lipinski definition) is 1. The Kier molecular flexibility index (Phi) is 1.53. The molecule has 2 aliphatic rings. The molecule has 66 valence electrons. The normalized spacial score (nSPS) is 18.5. The van der Waals surface area contributed by atoms with E-state index in [-0.39, 0.29) is 0 Å². The lowest BCUT2D eigenvalue weighted by Crippen LogP contribution is -2.10. The Morgan fingerprint density at radius 3 is 3.08 bits per heavy atom. The number of ether oxygens (including phenoxy) is 1. The summed E-state index contributed by atoms with van der Waals surface area (Å²) in [6.07, 6.45) is 6.64. The Bertz CT molecular complexity index is 377. The Morgan fingerprint density at radius 1 is 1.08 bits per heavy atom. The van der Waals surface area contributed by atoms with E-state index < -0.39 is 0 Å². The Balaban J connectivity index is 2.15. The van der Waals surface area contributed by atoms with E-state index in [9.17, 15) is 0 Å². The van der Waals surface area contributed by atoms with Gasteiger partial charge >= 0.3 is 0 Å². The Labute approximate surface area is 78.0 Å². The van der Waals surface area contributed by atoms with Crippen LogP contribution < -0.4 is 0 Å². The molecule has 0 atom stereocenters. The molecule has 1 aliphatic heterocycles. The molecule has 1 heterocycles. The maximum absolute atomic E-state index is 5.44. The summed E-state index contributed by atoms with van der Waals surface area (Å²) in [5.41, 5.74) is 5.76. The molecule has 0 fully saturated rings. The molecule has 0 bridgehead atoms. The highest BCUT2D eigenvalue weighted by atomic mass is 16.5. The first-order valence-electron chi connectivity index (χ1n) is 4.82. The summed E-state index contributed by atoms with van der Waals surface area (Å²) in [6, 6.07) is 4.64. The second kappa shape index (κ2) is 2.71. The van der Waals surface area contributed by atoms with Gasteiger partial charge in [-0.3, -0.25) is 0 Å². The van der Waals surface area contributed by atoms with Crippen molar-refractivity contribution >= 4 is 6.08 Å². The molecule has 1 heteroatoms. The summed E-state index contributed by atoms with van der Waals surface area (Å²) < 4.78 is 5.44. The molecule has 3 rings (SSSR count). The van der Waals surface area contributed by atoms with Gasteiger partial charge in [0.05, 0.1) is 13.2 Å². The smallest absolute Gasteiger partial charge is 0.0719 e. The maximum Gasteiger partial charge on any atom is 0.0719 e. The SMILES string of the molecule is C1=Cc2cc3c(cc2C1)COCC3. The summed E-state index contributed by atoms with van der Waals surface area (Å²) in [5, 5.41) is 0. The lowest BCUT2D eigenvalue weighted by Gasteiger charge is -2.17. The molecule has 0 spiro atoms. The van der Waals surface area contributed by atoms with Gasteiger partial charge < -0.3 is 4.74 Å². The van der Waals surface area contributed by atoms with Crippen molar-refractivity contribution in [3.8, 4) is 0 Å². The number of hydrogen-bond donors (Lipinski definition) is 0. The molecule has 1 aromatic carbocycles. The molecule has 13 heavy (non-hydrogen) atoms. The van der Waals surface area contributed by atoms with E-state index in [0.29, 0.717) is 0 Å². The zero-order chi connectivity index (χ0) is 8.67. The molecule has 0 unspecified atom stereocenters. The zero-order valence-electron chi connectivity index (χ0n) is 7.55. The second-order valence-corrected chi connectivity index (χ2v) is 3.73. The van der Waals surface area contributed by atoms with Crippen molar-refractivity contribution in [2.45, 2.75) is 19.4 Å². The van der Waals surface area contributed by atoms with E-state index >= 15 is 0 Å². The minimum atomic E-state index is 0.808. The standard InChI is InChI=1S/C12H12O/c1-2-9-6-11-4-5-13-8-12(11)7-10(9)3-1/h1-2,6-7H,3-5,8H2. The summed E-state index contributed by atoms with van der Waals surface area (Å²) in [4.78, 5) is 0. The highest BCUT2D eigenvalue weighted by molar-refractivity contribution is 5.62. The van der Waals surface area contributed by atoms with E-state index in [2.05, 4.69) is 24.3 Å². The van der Waals surface area contributed by atoms with E-state index in [1.165, 1.54) is 22.3 Å². The first-order chi connectivity index (χ1) is 6.43. The molecule has 0 aromatic heterocycles. The van der Waals surface area contributed by atoms with Crippen molar-refractivity contribution in [1.82, 2.24) is 0 Å². The first-order valence-corrected chi connectivity index (χ1v) is 4.82. The lowest BCUT2D eigenvalue weighted by molar-refractivity contribution is 0.110. The van der Waals surface area contributed by atoms with Gasteiger partial charge in [-0.15, -0.1) is 0 Å². The molecule has 0 saturated carbocycles. The summed E-state index contributed by atoms with van der Waals surface area (Å²) in [7, 11) is 0. The van der Waals surface area contributed by atoms with Crippen LogP contribution in [0.5, 0.6) is 0 Å². The summed E-state index contributed by atoms with van der Waals surface area (Å²) in [5.74, 6) is 0. The van der Waals surface area contributed by atoms with Gasteiger partial charge in [0.2, 0.25) is 0 Å². The molecular formula is C12H12O. The van der Waals surface area contributed by atoms with Crippen LogP contribution in [-0.2, 0) is 24.2 Å². The van der Waals surface area contributed by atoms with Gasteiger partial charge in [-0.2, -0.15) is 0 Å². The van der Waals surface area contributed by atoms with Crippen LogP contribution in [0.3, 0.4) is 0 Å². The lowest BCUT2D eigenvalue weighted by atomic mass is 9.97. The Hall–Kier alpha value is -1.08. The fraction of sp³-hybridized carbons (Fsp3) is 0.333. The molecule has 0 saturated heterocycles. The molecular weight excluding hydrogens is 160 g/mol. The van der Waals surface area contributed by atoms with Crippen molar-refractivity contribution < 1.29 is 4.74 Å². The minimum Gasteiger partial charge on any atom is -0.376 e. The Morgan fingerprint density at radius 2 is 2.08 bits per heavy atom. The van der Waals surface area contributed by atoms with Crippen molar-refractivity contribution in [3.63, 3.8) is 0 Å². The number of allylic oxidation sites excluding steroid dienone is 1. The van der Waals surface area contributed by atoms with Crippen LogP contribution in [0, 0.1) is 0 Å². The van der Waals surface area contributed by atoms with Gasteiger partial charge in [0.15, 0.2) is 0 Å². The van der Waals surface area contributed by atoms with E-state index in [4.69, 9.17) is 4.74 Å². The largest absolute Gasteiger partial charge is 0.376 e. The van der Waals surface area contributed by atoms with Crippen LogP contribution >= 0.6 is 0 Å². The fourth-order valence-corrected chi connectivity index (χ4v) is 2.14. The van der Waals surface area contributed by atoms with Gasteiger partial charge in [-0.05, 0) is 35.1 Å². The molecule has 1 aromatic rings. The number of benzene rings is 1. The zero-order valence-corrected chi connectivity index (χ0v) is 7.55. The van der Waals surface area contributed by atoms with E-state index in [1.807, 2.05) is 0 Å². The fourth-order valence-electron chi connectivity index (χ4n) is 2.14. The van der Waals surface area contributed by atoms with Crippen LogP contribution in [-0.4, -0.2) is 6.61 Å². The van der Waals surface area contributed by atoms with E-state index in [1.54, 1.807) is 0 Å². The monoisotopic (exact) mass is 172 g/mol. The van der Waals surface area contributed by atoms with Crippen LogP contribution in [0.4, 0.5) is 0 Å². The van der Waals surface area contributed by atoms with Crippen molar-refractivity contribution in [3.05, 3.63) is 40.5 Å². The van der Waals surface area contributed by atoms with Gasteiger partial charge in [-0.25, -0.2) is 0 Å². The number of rotatable bonds is 0. The van der Waals surface area contributed by atoms with Crippen LogP contribution in [0.15, 0.2) is 18.2 Å². The summed E-state index contributed by atoms with van der Waals surface area (Å²) in [6.45, 7) is 1.69. The third kappa shape index (κ3) is 1.11. The topological polar surface area (TPSA) is 9.23 Å². The minimum absolute atomic E-state index is 0.808. The molecule has 1 aliphatic carbocycles. The predicted octanol–water partition coefficient (Wildman–Crippen LogP) is 2.33. The molecule has 0 N–H and O–H groups in total. The van der Waals surface area contributed by atoms with Gasteiger partial charge in [-0.1, -0.05) is 24.3 Å². The van der Waals surface area contributed by atoms with E-state index in [0.717, 1.165) is 26.1 Å². The third-order valence-electron chi connectivity index (χ3n) is 2.87. The van der Waals surface area contributed by atoms with Crippen LogP contribution in [0.1, 0.15) is 22.3 Å². The van der Waals surface area contributed by atoms with Gasteiger partial charge in [0.1, 0.15) is 0 Å².